The van der Waals surface area contributed by atoms with Gasteiger partial charge in [-0.3, -0.25) is 15.1 Å². The number of nitrogens with zero attached hydrogens (tertiary/aromatic N) is 1. The molecule has 0 aliphatic carbocycles. The van der Waals surface area contributed by atoms with Crippen LogP contribution in [0.25, 0.3) is 10.9 Å². The molecule has 0 atom stereocenters. The Kier molecular flexibility index (Phi) is 6.48. The van der Waals surface area contributed by atoms with Crippen LogP contribution in [0, 0.1) is 6.92 Å². The van der Waals surface area contributed by atoms with Crippen LogP contribution in [0.15, 0.2) is 24.3 Å². The summed E-state index contributed by atoms with van der Waals surface area (Å²) in [7, 11) is 1.55. The van der Waals surface area contributed by atoms with Crippen molar-refractivity contribution in [3.05, 3.63) is 35.5 Å². The number of urea groups is 1. The molecule has 0 aliphatic rings. The number of fused-ring (bicyclic) bond motifs is 1. The summed E-state index contributed by atoms with van der Waals surface area (Å²) in [4.78, 5) is 39.6. The Morgan fingerprint density at radius 3 is 2.65 bits per heavy atom. The highest BCUT2D eigenvalue weighted by Gasteiger charge is 2.16. The average molecular weight is 359 g/mol. The molecular formula is C18H21N3O5. The van der Waals surface area contributed by atoms with Gasteiger partial charge in [-0.15, -0.1) is 0 Å². The van der Waals surface area contributed by atoms with Gasteiger partial charge in [0.15, 0.2) is 6.61 Å². The Bertz CT molecular complexity index is 835. The van der Waals surface area contributed by atoms with Gasteiger partial charge in [0.2, 0.25) is 0 Å². The number of carbonyl (C=O) groups excluding carboxylic acids is 3. The molecule has 0 radical (unpaired) electrons. The molecule has 0 spiro atoms. The van der Waals surface area contributed by atoms with Crippen molar-refractivity contribution >= 4 is 28.8 Å². The number of rotatable bonds is 6. The van der Waals surface area contributed by atoms with Crippen LogP contribution in [0.4, 0.5) is 4.79 Å². The van der Waals surface area contributed by atoms with Crippen LogP contribution in [0.5, 0.6) is 5.75 Å². The van der Waals surface area contributed by atoms with Crippen molar-refractivity contribution in [1.82, 2.24) is 15.6 Å². The third-order valence-corrected chi connectivity index (χ3v) is 3.56. The first-order valence-electron chi connectivity index (χ1n) is 8.14. The quantitative estimate of drug-likeness (QED) is 0.764. The summed E-state index contributed by atoms with van der Waals surface area (Å²) in [6.45, 7) is 3.45. The van der Waals surface area contributed by atoms with E-state index in [1.165, 1.54) is 0 Å². The van der Waals surface area contributed by atoms with Gasteiger partial charge in [0.05, 0.1) is 23.9 Å². The number of amides is 3. The van der Waals surface area contributed by atoms with Gasteiger partial charge in [0.1, 0.15) is 5.75 Å². The van der Waals surface area contributed by atoms with Crippen LogP contribution in [-0.4, -0.2) is 43.2 Å². The number of aromatic nitrogens is 1. The molecule has 8 nitrogen and oxygen atoms in total. The second-order valence-corrected chi connectivity index (χ2v) is 5.56. The Morgan fingerprint density at radius 1 is 1.19 bits per heavy atom. The largest absolute Gasteiger partial charge is 0.497 e. The second kappa shape index (κ2) is 8.80. The summed E-state index contributed by atoms with van der Waals surface area (Å²) < 4.78 is 10.1. The first-order valence-corrected chi connectivity index (χ1v) is 8.14. The zero-order chi connectivity index (χ0) is 19.1. The predicted molar refractivity (Wildman–Crippen MR) is 95.1 cm³/mol. The highest BCUT2D eigenvalue weighted by atomic mass is 16.5. The number of benzene rings is 1. The van der Waals surface area contributed by atoms with Gasteiger partial charge in [-0.25, -0.2) is 9.59 Å². The highest BCUT2D eigenvalue weighted by Crippen LogP contribution is 2.22. The van der Waals surface area contributed by atoms with Crippen molar-refractivity contribution in [2.45, 2.75) is 20.3 Å². The number of hydrogen-bond donors (Lipinski definition) is 2. The van der Waals surface area contributed by atoms with E-state index in [2.05, 4.69) is 15.6 Å². The van der Waals surface area contributed by atoms with E-state index >= 15 is 0 Å². The fraction of sp³-hybridized carbons (Fsp3) is 0.333. The Labute approximate surface area is 150 Å². The number of esters is 1. The lowest BCUT2D eigenvalue weighted by atomic mass is 10.1. The van der Waals surface area contributed by atoms with Crippen molar-refractivity contribution in [1.29, 1.82) is 0 Å². The third-order valence-electron chi connectivity index (χ3n) is 3.56. The number of carbonyl (C=O) groups is 3. The maximum Gasteiger partial charge on any atom is 0.340 e. The Hall–Kier alpha value is -3.16. The summed E-state index contributed by atoms with van der Waals surface area (Å²) in [5.41, 5.74) is 1.44. The number of pyridine rings is 1. The summed E-state index contributed by atoms with van der Waals surface area (Å²) in [5.74, 6) is -0.760. The zero-order valence-corrected chi connectivity index (χ0v) is 14.9. The monoisotopic (exact) mass is 359 g/mol. The fourth-order valence-corrected chi connectivity index (χ4v) is 2.24. The van der Waals surface area contributed by atoms with Crippen molar-refractivity contribution in [2.24, 2.45) is 0 Å². The van der Waals surface area contributed by atoms with Crippen molar-refractivity contribution in [2.75, 3.05) is 20.3 Å². The first-order chi connectivity index (χ1) is 12.4. The zero-order valence-electron chi connectivity index (χ0n) is 14.9. The van der Waals surface area contributed by atoms with Crippen LogP contribution < -0.4 is 15.4 Å². The highest BCUT2D eigenvalue weighted by molar-refractivity contribution is 5.98. The molecule has 2 rings (SSSR count). The summed E-state index contributed by atoms with van der Waals surface area (Å²) in [6.07, 6.45) is 0.746. The van der Waals surface area contributed by atoms with E-state index in [-0.39, 0.29) is 5.56 Å². The predicted octanol–water partition coefficient (Wildman–Crippen LogP) is 1.94. The van der Waals surface area contributed by atoms with Gasteiger partial charge in [0, 0.05) is 11.9 Å². The van der Waals surface area contributed by atoms with Gasteiger partial charge in [-0.1, -0.05) is 6.92 Å². The second-order valence-electron chi connectivity index (χ2n) is 5.56. The molecule has 2 aromatic rings. The first kappa shape index (κ1) is 19.2. The molecule has 0 bridgehead atoms. The van der Waals surface area contributed by atoms with Crippen LogP contribution in [0.1, 0.15) is 29.4 Å². The Balaban J connectivity index is 2.03. The number of imide groups is 1. The van der Waals surface area contributed by atoms with Crippen molar-refractivity contribution < 1.29 is 23.9 Å². The van der Waals surface area contributed by atoms with E-state index in [9.17, 15) is 14.4 Å². The summed E-state index contributed by atoms with van der Waals surface area (Å²) in [5, 5.41) is 5.29. The minimum Gasteiger partial charge on any atom is -0.497 e. The molecule has 8 heteroatoms. The number of methoxy groups -OCH3 is 1. The minimum absolute atomic E-state index is 0.244. The SMILES string of the molecule is CCCNC(=O)NC(=O)COC(=O)c1cc2cc(OC)ccc2nc1C. The molecule has 1 aromatic heterocycles. The van der Waals surface area contributed by atoms with E-state index in [1.54, 1.807) is 38.3 Å². The molecular weight excluding hydrogens is 338 g/mol. The number of hydrogen-bond acceptors (Lipinski definition) is 6. The van der Waals surface area contributed by atoms with E-state index in [0.717, 1.165) is 6.42 Å². The number of ether oxygens (including phenoxy) is 2. The molecule has 0 saturated heterocycles. The van der Waals surface area contributed by atoms with E-state index in [1.807, 2.05) is 6.92 Å². The van der Waals surface area contributed by atoms with Gasteiger partial charge >= 0.3 is 12.0 Å². The number of aryl methyl sites for hydroxylation is 1. The minimum atomic E-state index is -0.708. The lowest BCUT2D eigenvalue weighted by molar-refractivity contribution is -0.123. The molecule has 138 valence electrons. The van der Waals surface area contributed by atoms with Crippen molar-refractivity contribution in [3.63, 3.8) is 0 Å². The van der Waals surface area contributed by atoms with Crippen LogP contribution >= 0.6 is 0 Å². The standard InChI is InChI=1S/C18H21N3O5/c1-4-7-19-18(24)21-16(22)10-26-17(23)14-9-12-8-13(25-3)5-6-15(12)20-11(14)2/h5-6,8-9H,4,7,10H2,1-3H3,(H2,19,21,22,24). The van der Waals surface area contributed by atoms with Crippen LogP contribution in [0.2, 0.25) is 0 Å². The Morgan fingerprint density at radius 2 is 1.96 bits per heavy atom. The normalized spacial score (nSPS) is 10.3. The maximum absolute atomic E-state index is 12.3. The average Bonchev–Trinajstić information content (AvgIpc) is 2.63. The molecule has 0 aliphatic heterocycles. The number of nitrogens with one attached hydrogen (secondary N) is 2. The topological polar surface area (TPSA) is 107 Å². The summed E-state index contributed by atoms with van der Waals surface area (Å²) >= 11 is 0. The van der Waals surface area contributed by atoms with E-state index in [4.69, 9.17) is 9.47 Å². The molecule has 0 unspecified atom stereocenters. The molecule has 2 N–H and O–H groups in total. The van der Waals surface area contributed by atoms with Crippen LogP contribution in [0.3, 0.4) is 0 Å². The lowest BCUT2D eigenvalue weighted by Crippen LogP contribution is -2.41. The molecule has 1 heterocycles. The van der Waals surface area contributed by atoms with Crippen LogP contribution in [-0.2, 0) is 9.53 Å². The van der Waals surface area contributed by atoms with E-state index < -0.39 is 24.5 Å². The van der Waals surface area contributed by atoms with E-state index in [0.29, 0.717) is 28.9 Å². The smallest absolute Gasteiger partial charge is 0.340 e. The van der Waals surface area contributed by atoms with Gasteiger partial charge in [-0.05, 0) is 37.6 Å². The molecule has 26 heavy (non-hydrogen) atoms. The molecule has 0 fully saturated rings. The van der Waals surface area contributed by atoms with Crippen molar-refractivity contribution in [3.8, 4) is 5.75 Å². The fourth-order valence-electron chi connectivity index (χ4n) is 2.24. The van der Waals surface area contributed by atoms with Gasteiger partial charge in [-0.2, -0.15) is 0 Å². The molecule has 3 amide bonds. The third kappa shape index (κ3) is 4.92. The summed E-state index contributed by atoms with van der Waals surface area (Å²) in [6, 6.07) is 6.33. The molecule has 1 aromatic carbocycles. The van der Waals surface area contributed by atoms with Gasteiger partial charge < -0.3 is 14.8 Å². The molecule has 0 saturated carbocycles. The maximum atomic E-state index is 12.3. The van der Waals surface area contributed by atoms with Gasteiger partial charge in [0.25, 0.3) is 5.91 Å². The lowest BCUT2D eigenvalue weighted by Gasteiger charge is -2.09.